The van der Waals surface area contributed by atoms with E-state index < -0.39 is 4.92 Å². The lowest BCUT2D eigenvalue weighted by atomic mass is 10.1. The van der Waals surface area contributed by atoms with E-state index in [-0.39, 0.29) is 42.4 Å². The molecule has 3 N–H and O–H groups in total. The van der Waals surface area contributed by atoms with E-state index in [1.165, 1.54) is 26.4 Å². The summed E-state index contributed by atoms with van der Waals surface area (Å²) < 4.78 is 9.77. The average molecular weight is 381 g/mol. The van der Waals surface area contributed by atoms with Crippen molar-refractivity contribution in [1.29, 1.82) is 0 Å². The zero-order valence-corrected chi connectivity index (χ0v) is 15.4. The summed E-state index contributed by atoms with van der Waals surface area (Å²) in [5.41, 5.74) is -0.0656. The zero-order valence-electron chi connectivity index (χ0n) is 15.4. The number of hydrogen-bond acceptors (Lipinski definition) is 6. The summed E-state index contributed by atoms with van der Waals surface area (Å²) in [6.07, 6.45) is 1.53. The Morgan fingerprint density at radius 3 is 2.56 bits per heavy atom. The third kappa shape index (κ3) is 6.19. The van der Waals surface area contributed by atoms with Crippen molar-refractivity contribution in [2.45, 2.75) is 18.9 Å². The Hall–Kier alpha value is -2.72. The van der Waals surface area contributed by atoms with Crippen molar-refractivity contribution in [3.05, 3.63) is 28.3 Å². The van der Waals surface area contributed by atoms with E-state index in [0.29, 0.717) is 5.75 Å². The van der Waals surface area contributed by atoms with E-state index in [2.05, 4.69) is 10.6 Å². The number of nitrogens with one attached hydrogen (secondary N) is 3. The second-order valence-corrected chi connectivity index (χ2v) is 6.39. The maximum absolute atomic E-state index is 12.3. The molecule has 1 heterocycles. The Morgan fingerprint density at radius 2 is 1.96 bits per heavy atom. The van der Waals surface area contributed by atoms with Crippen LogP contribution < -0.4 is 20.3 Å². The van der Waals surface area contributed by atoms with Crippen molar-refractivity contribution in [2.75, 3.05) is 45.8 Å². The first-order valence-electron chi connectivity index (χ1n) is 8.67. The lowest BCUT2D eigenvalue weighted by Crippen LogP contribution is -3.14. The first kappa shape index (κ1) is 20.6. The number of hydrogen-bond donors (Lipinski definition) is 3. The molecule has 0 aliphatic carbocycles. The smallest absolute Gasteiger partial charge is 0.296 e. The highest BCUT2D eigenvalue weighted by Gasteiger charge is 2.26. The lowest BCUT2D eigenvalue weighted by Gasteiger charge is -2.29. The van der Waals surface area contributed by atoms with Gasteiger partial charge in [-0.3, -0.25) is 19.7 Å². The van der Waals surface area contributed by atoms with Crippen LogP contribution in [0.25, 0.3) is 0 Å². The van der Waals surface area contributed by atoms with E-state index in [4.69, 9.17) is 9.47 Å². The van der Waals surface area contributed by atoms with Crippen LogP contribution >= 0.6 is 0 Å². The van der Waals surface area contributed by atoms with Gasteiger partial charge in [0.2, 0.25) is 5.91 Å². The molecule has 0 saturated carbocycles. The monoisotopic (exact) mass is 381 g/mol. The predicted molar refractivity (Wildman–Crippen MR) is 96.9 cm³/mol. The number of carbonyl (C=O) groups excluding carboxylic acids is 2. The largest absolute Gasteiger partial charge is 0.496 e. The SMILES string of the molecule is COCC(=O)NC1CC[NH+](CC(=O)Nc2ccc(OC)cc2[N+](=O)[O-])CC1. The highest BCUT2D eigenvalue weighted by Crippen LogP contribution is 2.28. The van der Waals surface area contributed by atoms with Gasteiger partial charge in [-0.25, -0.2) is 0 Å². The number of methoxy groups -OCH3 is 2. The quantitative estimate of drug-likeness (QED) is 0.406. The summed E-state index contributed by atoms with van der Waals surface area (Å²) in [5.74, 6) is -0.0847. The first-order chi connectivity index (χ1) is 12.9. The second-order valence-electron chi connectivity index (χ2n) is 6.39. The number of nitrogens with zero attached hydrogens (tertiary/aromatic N) is 1. The number of carbonyl (C=O) groups is 2. The molecule has 1 aliphatic rings. The minimum absolute atomic E-state index is 0.0378. The Morgan fingerprint density at radius 1 is 1.26 bits per heavy atom. The molecule has 0 radical (unpaired) electrons. The van der Waals surface area contributed by atoms with Crippen LogP contribution in [0.15, 0.2) is 18.2 Å². The highest BCUT2D eigenvalue weighted by molar-refractivity contribution is 5.93. The van der Waals surface area contributed by atoms with Gasteiger partial charge in [-0.15, -0.1) is 0 Å². The van der Waals surface area contributed by atoms with Crippen LogP contribution in [-0.2, 0) is 14.3 Å². The van der Waals surface area contributed by atoms with Crippen molar-refractivity contribution in [3.63, 3.8) is 0 Å². The number of quaternary nitrogens is 1. The molecule has 2 amide bonds. The van der Waals surface area contributed by atoms with Gasteiger partial charge in [-0.05, 0) is 12.1 Å². The third-order valence-corrected chi connectivity index (χ3v) is 4.42. The molecule has 1 aromatic rings. The molecule has 0 aromatic heterocycles. The van der Waals surface area contributed by atoms with Crippen LogP contribution in [0.1, 0.15) is 12.8 Å². The lowest BCUT2D eigenvalue weighted by molar-refractivity contribution is -0.897. The molecule has 1 fully saturated rings. The number of nitro benzene ring substituents is 1. The molecule has 1 aromatic carbocycles. The normalized spacial score (nSPS) is 19.2. The number of anilines is 1. The van der Waals surface area contributed by atoms with Crippen molar-refractivity contribution in [3.8, 4) is 5.75 Å². The van der Waals surface area contributed by atoms with Gasteiger partial charge in [0.25, 0.3) is 11.6 Å². The summed E-state index contributed by atoms with van der Waals surface area (Å²) in [4.78, 5) is 35.5. The molecule has 0 atom stereocenters. The topological polar surface area (TPSA) is 124 Å². The van der Waals surface area contributed by atoms with Crippen LogP contribution in [-0.4, -0.2) is 63.2 Å². The molecule has 10 nitrogen and oxygen atoms in total. The van der Waals surface area contributed by atoms with Crippen LogP contribution in [0.3, 0.4) is 0 Å². The fourth-order valence-electron chi connectivity index (χ4n) is 3.06. The number of piperidine rings is 1. The summed E-state index contributed by atoms with van der Waals surface area (Å²) in [6, 6.07) is 4.38. The number of amides is 2. The molecular formula is C17H25N4O6+. The number of benzene rings is 1. The fraction of sp³-hybridized carbons (Fsp3) is 0.529. The Balaban J connectivity index is 1.85. The zero-order chi connectivity index (χ0) is 19.8. The standard InChI is InChI=1S/C17H24N4O6/c1-26-11-17(23)18-12-5-7-20(8-6-12)10-16(22)19-14-4-3-13(27-2)9-15(14)21(24)25/h3-4,9,12H,5-8,10-11H2,1-2H3,(H,18,23)(H,19,22)/p+1. The summed E-state index contributed by atoms with van der Waals surface area (Å²) >= 11 is 0. The van der Waals surface area contributed by atoms with Gasteiger partial charge in [0, 0.05) is 26.0 Å². The minimum Gasteiger partial charge on any atom is -0.496 e. The van der Waals surface area contributed by atoms with E-state index in [0.717, 1.165) is 30.8 Å². The molecular weight excluding hydrogens is 356 g/mol. The van der Waals surface area contributed by atoms with Crippen LogP contribution in [0.4, 0.5) is 11.4 Å². The number of ether oxygens (including phenoxy) is 2. The molecule has 0 spiro atoms. The Bertz CT molecular complexity index is 688. The minimum atomic E-state index is -0.556. The molecule has 148 valence electrons. The molecule has 1 saturated heterocycles. The predicted octanol–water partition coefficient (Wildman–Crippen LogP) is -0.648. The molecule has 10 heteroatoms. The maximum atomic E-state index is 12.3. The maximum Gasteiger partial charge on any atom is 0.296 e. The van der Waals surface area contributed by atoms with Gasteiger partial charge in [0.1, 0.15) is 18.0 Å². The van der Waals surface area contributed by atoms with Crippen LogP contribution in [0.5, 0.6) is 5.75 Å². The van der Waals surface area contributed by atoms with Crippen LogP contribution in [0.2, 0.25) is 0 Å². The van der Waals surface area contributed by atoms with Gasteiger partial charge in [-0.1, -0.05) is 0 Å². The number of nitro groups is 1. The average Bonchev–Trinajstić information content (AvgIpc) is 2.63. The van der Waals surface area contributed by atoms with Crippen molar-refractivity contribution in [1.82, 2.24) is 5.32 Å². The second kappa shape index (κ2) is 9.83. The third-order valence-electron chi connectivity index (χ3n) is 4.42. The van der Waals surface area contributed by atoms with Gasteiger partial charge < -0.3 is 25.0 Å². The van der Waals surface area contributed by atoms with Gasteiger partial charge in [0.15, 0.2) is 6.54 Å². The van der Waals surface area contributed by atoms with E-state index in [9.17, 15) is 19.7 Å². The summed E-state index contributed by atoms with van der Waals surface area (Å²) in [5, 5.41) is 16.7. The first-order valence-corrected chi connectivity index (χ1v) is 8.67. The fourth-order valence-corrected chi connectivity index (χ4v) is 3.06. The van der Waals surface area contributed by atoms with E-state index in [1.807, 2.05) is 0 Å². The van der Waals surface area contributed by atoms with E-state index in [1.54, 1.807) is 6.07 Å². The molecule has 2 rings (SSSR count). The molecule has 1 aliphatic heterocycles. The highest BCUT2D eigenvalue weighted by atomic mass is 16.6. The summed E-state index contributed by atoms with van der Waals surface area (Å²) in [6.45, 7) is 1.71. The Kier molecular flexibility index (Phi) is 7.50. The molecule has 0 bridgehead atoms. The molecule has 27 heavy (non-hydrogen) atoms. The van der Waals surface area contributed by atoms with Crippen molar-refractivity contribution < 1.29 is 28.9 Å². The van der Waals surface area contributed by atoms with E-state index >= 15 is 0 Å². The van der Waals surface area contributed by atoms with Gasteiger partial charge in [0.05, 0.1) is 31.2 Å². The summed E-state index contributed by atoms with van der Waals surface area (Å²) in [7, 11) is 2.89. The van der Waals surface area contributed by atoms with Crippen molar-refractivity contribution >= 4 is 23.2 Å². The van der Waals surface area contributed by atoms with Crippen LogP contribution in [0, 0.1) is 10.1 Å². The molecule has 0 unspecified atom stereocenters. The number of likely N-dealkylation sites (tertiary alicyclic amines) is 1. The van der Waals surface area contributed by atoms with Crippen molar-refractivity contribution in [2.24, 2.45) is 0 Å². The Labute approximate surface area is 157 Å². The van der Waals surface area contributed by atoms with Gasteiger partial charge >= 0.3 is 0 Å². The number of rotatable bonds is 8. The van der Waals surface area contributed by atoms with Gasteiger partial charge in [-0.2, -0.15) is 0 Å².